The van der Waals surface area contributed by atoms with E-state index in [0.717, 1.165) is 23.6 Å². The van der Waals surface area contributed by atoms with Gasteiger partial charge in [-0.2, -0.15) is 13.2 Å². The van der Waals surface area contributed by atoms with E-state index < -0.39 is 34.5 Å². The second kappa shape index (κ2) is 10.3. The van der Waals surface area contributed by atoms with Crippen LogP contribution >= 0.6 is 22.9 Å². The van der Waals surface area contributed by atoms with Crippen molar-refractivity contribution in [3.8, 4) is 0 Å². The molecule has 3 heterocycles. The number of aromatic nitrogens is 3. The van der Waals surface area contributed by atoms with Crippen LogP contribution in [0.4, 0.5) is 19.0 Å². The van der Waals surface area contributed by atoms with E-state index in [2.05, 4.69) is 25.6 Å². The highest BCUT2D eigenvalue weighted by molar-refractivity contribution is 7.13. The van der Waals surface area contributed by atoms with Crippen LogP contribution in [0.2, 0.25) is 5.02 Å². The van der Waals surface area contributed by atoms with Crippen LogP contribution in [0, 0.1) is 0 Å². The van der Waals surface area contributed by atoms with E-state index in [1.54, 1.807) is 13.0 Å². The van der Waals surface area contributed by atoms with Crippen molar-refractivity contribution in [2.24, 2.45) is 0 Å². The molecule has 0 aliphatic rings. The topological polar surface area (TPSA) is 114 Å². The molecule has 34 heavy (non-hydrogen) atoms. The summed E-state index contributed by atoms with van der Waals surface area (Å²) in [6.07, 6.45) is -2.89. The number of Topliss-reactive ketones (excluding diaryl/α,β-unsaturated/α-hetero) is 1. The van der Waals surface area contributed by atoms with Crippen molar-refractivity contribution >= 4 is 46.4 Å². The van der Waals surface area contributed by atoms with Gasteiger partial charge in [-0.1, -0.05) is 17.7 Å². The van der Waals surface area contributed by atoms with Gasteiger partial charge in [-0.05, 0) is 25.1 Å². The molecule has 1 atom stereocenters. The number of pyridine rings is 2. The van der Waals surface area contributed by atoms with Gasteiger partial charge < -0.3 is 10.6 Å². The number of ketones is 1. The van der Waals surface area contributed by atoms with Crippen LogP contribution < -0.4 is 10.6 Å². The Morgan fingerprint density at radius 2 is 1.91 bits per heavy atom. The number of nitrogens with zero attached hydrogens (tertiary/aromatic N) is 3. The molecular formula is C21H17ClF3N5O3S. The van der Waals surface area contributed by atoms with Crippen LogP contribution in [-0.2, 0) is 17.4 Å². The summed E-state index contributed by atoms with van der Waals surface area (Å²) >= 11 is 6.56. The highest BCUT2D eigenvalue weighted by Gasteiger charge is 2.34. The third-order valence-electron chi connectivity index (χ3n) is 4.36. The first-order valence-electron chi connectivity index (χ1n) is 9.70. The summed E-state index contributed by atoms with van der Waals surface area (Å²) in [6.45, 7) is 2.97. The van der Waals surface area contributed by atoms with Crippen molar-refractivity contribution in [2.45, 2.75) is 32.5 Å². The molecule has 178 valence electrons. The van der Waals surface area contributed by atoms with Crippen LogP contribution in [0.15, 0.2) is 36.7 Å². The summed E-state index contributed by atoms with van der Waals surface area (Å²) in [4.78, 5) is 48.4. The molecule has 0 saturated carbocycles. The molecule has 0 bridgehead atoms. The largest absolute Gasteiger partial charge is 0.417 e. The number of hydrogen-bond donors (Lipinski definition) is 2. The standard InChI is InChI=1S/C21H17ClF3N5O3S/c1-10(28-19(33)15-4-3-5-18(30-15)29-11(2)31)20-27-9-17(34-20)16(32)7-12-6-13(21(23,24)25)14(22)8-26-12/h3-6,8-10H,7H2,1-2H3,(H,28,33)(H,29,30,31)/t10-/m1/s1. The van der Waals surface area contributed by atoms with Crippen LogP contribution in [-0.4, -0.2) is 32.5 Å². The lowest BCUT2D eigenvalue weighted by Crippen LogP contribution is -2.27. The Balaban J connectivity index is 1.67. The fraction of sp³-hybridized carbons (Fsp3) is 0.238. The van der Waals surface area contributed by atoms with E-state index in [9.17, 15) is 27.6 Å². The third-order valence-corrected chi connectivity index (χ3v) is 5.88. The van der Waals surface area contributed by atoms with Gasteiger partial charge in [-0.3, -0.25) is 19.4 Å². The number of rotatable bonds is 7. The van der Waals surface area contributed by atoms with E-state index >= 15 is 0 Å². The van der Waals surface area contributed by atoms with E-state index in [0.29, 0.717) is 5.01 Å². The third kappa shape index (κ3) is 6.35. The zero-order chi connectivity index (χ0) is 25.0. The normalized spacial score (nSPS) is 12.2. The molecule has 3 aromatic heterocycles. The van der Waals surface area contributed by atoms with Crippen molar-refractivity contribution in [1.29, 1.82) is 0 Å². The molecule has 3 rings (SSSR count). The molecule has 0 radical (unpaired) electrons. The highest BCUT2D eigenvalue weighted by atomic mass is 35.5. The van der Waals surface area contributed by atoms with Crippen molar-refractivity contribution < 1.29 is 27.6 Å². The van der Waals surface area contributed by atoms with E-state index in [1.807, 2.05) is 0 Å². The van der Waals surface area contributed by atoms with Crippen molar-refractivity contribution in [2.75, 3.05) is 5.32 Å². The van der Waals surface area contributed by atoms with Crippen molar-refractivity contribution in [1.82, 2.24) is 20.3 Å². The fourth-order valence-corrected chi connectivity index (χ4v) is 3.88. The van der Waals surface area contributed by atoms with Gasteiger partial charge in [0.25, 0.3) is 5.91 Å². The number of carbonyl (C=O) groups excluding carboxylic acids is 3. The maximum absolute atomic E-state index is 13.0. The Morgan fingerprint density at radius 3 is 2.59 bits per heavy atom. The maximum atomic E-state index is 13.0. The van der Waals surface area contributed by atoms with Crippen LogP contribution in [0.3, 0.4) is 0 Å². The fourth-order valence-electron chi connectivity index (χ4n) is 2.81. The molecule has 2 N–H and O–H groups in total. The van der Waals surface area contributed by atoms with Crippen molar-refractivity contribution in [3.05, 3.63) is 68.5 Å². The molecule has 2 amide bonds. The molecule has 0 aromatic carbocycles. The number of nitrogens with one attached hydrogen (secondary N) is 2. The maximum Gasteiger partial charge on any atom is 0.417 e. The minimum absolute atomic E-state index is 0.0697. The lowest BCUT2D eigenvalue weighted by molar-refractivity contribution is -0.137. The van der Waals surface area contributed by atoms with E-state index in [4.69, 9.17) is 11.6 Å². The first kappa shape index (κ1) is 25.2. The number of halogens is 4. The van der Waals surface area contributed by atoms with Crippen molar-refractivity contribution in [3.63, 3.8) is 0 Å². The van der Waals surface area contributed by atoms with E-state index in [-0.39, 0.29) is 34.4 Å². The second-order valence-electron chi connectivity index (χ2n) is 7.10. The molecule has 0 unspecified atom stereocenters. The minimum Gasteiger partial charge on any atom is -0.342 e. The molecule has 13 heteroatoms. The molecule has 8 nitrogen and oxygen atoms in total. The Bertz CT molecular complexity index is 1250. The number of amides is 2. The molecule has 0 aliphatic carbocycles. The van der Waals surface area contributed by atoms with Gasteiger partial charge in [0.15, 0.2) is 5.78 Å². The van der Waals surface area contributed by atoms with Gasteiger partial charge in [0, 0.05) is 25.0 Å². The predicted octanol–water partition coefficient (Wildman–Crippen LogP) is 4.48. The van der Waals surface area contributed by atoms with Gasteiger partial charge in [0.1, 0.15) is 16.5 Å². The SMILES string of the molecule is CC(=O)Nc1cccc(C(=O)N[C@H](C)c2ncc(C(=O)Cc3cc(C(F)(F)F)c(Cl)cn3)s2)n1. The number of anilines is 1. The van der Waals surface area contributed by atoms with E-state index in [1.165, 1.54) is 25.3 Å². The average Bonchev–Trinajstić information content (AvgIpc) is 3.24. The Kier molecular flexibility index (Phi) is 7.62. The zero-order valence-corrected chi connectivity index (χ0v) is 19.3. The molecule has 3 aromatic rings. The summed E-state index contributed by atoms with van der Waals surface area (Å²) in [5.41, 5.74) is -1.08. The van der Waals surface area contributed by atoms with Gasteiger partial charge in [-0.25, -0.2) is 9.97 Å². The Morgan fingerprint density at radius 1 is 1.18 bits per heavy atom. The van der Waals surface area contributed by atoms with Crippen LogP contribution in [0.25, 0.3) is 0 Å². The Labute approximate surface area is 200 Å². The van der Waals surface area contributed by atoms with Crippen LogP contribution in [0.5, 0.6) is 0 Å². The highest BCUT2D eigenvalue weighted by Crippen LogP contribution is 2.34. The predicted molar refractivity (Wildman–Crippen MR) is 119 cm³/mol. The zero-order valence-electron chi connectivity index (χ0n) is 17.7. The quantitative estimate of drug-likeness (QED) is 0.452. The summed E-state index contributed by atoms with van der Waals surface area (Å²) < 4.78 is 39.1. The first-order chi connectivity index (χ1) is 15.9. The van der Waals surface area contributed by atoms with Gasteiger partial charge >= 0.3 is 6.18 Å². The molecule has 0 spiro atoms. The van der Waals surface area contributed by atoms with Crippen LogP contribution in [0.1, 0.15) is 56.3 Å². The summed E-state index contributed by atoms with van der Waals surface area (Å²) in [5.74, 6) is -1.11. The summed E-state index contributed by atoms with van der Waals surface area (Å²) in [7, 11) is 0. The number of thiazole rings is 1. The summed E-state index contributed by atoms with van der Waals surface area (Å²) in [5, 5.41) is 5.04. The molecule has 0 saturated heterocycles. The number of carbonyl (C=O) groups is 3. The summed E-state index contributed by atoms with van der Waals surface area (Å²) in [6, 6.07) is 4.72. The monoisotopic (exact) mass is 511 g/mol. The average molecular weight is 512 g/mol. The van der Waals surface area contributed by atoms with Gasteiger partial charge in [0.2, 0.25) is 5.91 Å². The second-order valence-corrected chi connectivity index (χ2v) is 8.57. The minimum atomic E-state index is -4.67. The molecule has 0 fully saturated rings. The number of hydrogen-bond acceptors (Lipinski definition) is 7. The molecule has 0 aliphatic heterocycles. The molecular weight excluding hydrogens is 495 g/mol. The van der Waals surface area contributed by atoms with Gasteiger partial charge in [0.05, 0.1) is 27.9 Å². The lowest BCUT2D eigenvalue weighted by Gasteiger charge is -2.11. The number of alkyl halides is 3. The smallest absolute Gasteiger partial charge is 0.342 e. The lowest BCUT2D eigenvalue weighted by atomic mass is 10.1. The first-order valence-corrected chi connectivity index (χ1v) is 10.9. The van der Waals surface area contributed by atoms with Gasteiger partial charge in [-0.15, -0.1) is 11.3 Å². The Hall–Kier alpha value is -3.38.